The molecule has 5 heteroatoms. The van der Waals surface area contributed by atoms with Crippen molar-refractivity contribution in [2.75, 3.05) is 50.7 Å². The molecule has 4 heterocycles. The van der Waals surface area contributed by atoms with Crippen LogP contribution >= 0.6 is 11.8 Å². The summed E-state index contributed by atoms with van der Waals surface area (Å²) in [5.74, 6) is 2.48. The lowest BCUT2D eigenvalue weighted by molar-refractivity contribution is 0.0359. The molecule has 3 fully saturated rings. The smallest absolute Gasteiger partial charge is 0.0412 e. The summed E-state index contributed by atoms with van der Waals surface area (Å²) in [5.41, 5.74) is 6.25. The molecule has 4 nitrogen and oxygen atoms in total. The minimum Gasteiger partial charge on any atom is -0.371 e. The van der Waals surface area contributed by atoms with Crippen molar-refractivity contribution >= 4 is 17.4 Å². The highest BCUT2D eigenvalue weighted by Crippen LogP contribution is 2.53. The maximum absolute atomic E-state index is 4.44. The number of nitrogens with zero attached hydrogens (tertiary/aromatic N) is 4. The molecule has 1 aliphatic carbocycles. The lowest BCUT2D eigenvalue weighted by Crippen LogP contribution is -2.57. The van der Waals surface area contributed by atoms with Gasteiger partial charge in [0.1, 0.15) is 0 Å². The molecule has 0 N–H and O–H groups in total. The third-order valence-electron chi connectivity index (χ3n) is 11.3. The number of benzene rings is 2. The van der Waals surface area contributed by atoms with Crippen molar-refractivity contribution < 1.29 is 0 Å². The lowest BCUT2D eigenvalue weighted by atomic mass is 9.57. The molecule has 1 atom stereocenters. The lowest BCUT2D eigenvalue weighted by Gasteiger charge is -2.54. The first-order chi connectivity index (χ1) is 21.1. The molecule has 7 rings (SSSR count). The van der Waals surface area contributed by atoms with E-state index in [1.54, 1.807) is 11.1 Å². The van der Waals surface area contributed by atoms with Crippen LogP contribution in [0.2, 0.25) is 0 Å². The number of pyridine rings is 1. The first-order valence-corrected chi connectivity index (χ1v) is 18.0. The molecular formula is C38H50N4S. The molecule has 1 saturated carbocycles. The van der Waals surface area contributed by atoms with Gasteiger partial charge in [-0.3, -0.25) is 9.88 Å². The van der Waals surface area contributed by atoms with E-state index in [0.717, 1.165) is 36.4 Å². The second-order valence-corrected chi connectivity index (χ2v) is 14.9. The van der Waals surface area contributed by atoms with Crippen LogP contribution in [0.5, 0.6) is 0 Å². The van der Waals surface area contributed by atoms with E-state index in [9.17, 15) is 0 Å². The average molecular weight is 595 g/mol. The van der Waals surface area contributed by atoms with E-state index in [0.29, 0.717) is 5.41 Å². The van der Waals surface area contributed by atoms with Crippen molar-refractivity contribution in [2.24, 2.45) is 17.8 Å². The number of aryl methyl sites for hydroxylation is 1. The van der Waals surface area contributed by atoms with Crippen molar-refractivity contribution in [3.05, 3.63) is 83.7 Å². The topological polar surface area (TPSA) is 22.6 Å². The second kappa shape index (κ2) is 12.9. The molecule has 3 aromatic rings. The minimum atomic E-state index is 0.362. The van der Waals surface area contributed by atoms with Gasteiger partial charge in [-0.1, -0.05) is 62.7 Å². The zero-order chi connectivity index (χ0) is 29.2. The molecule has 0 amide bonds. The fraction of sp³-hybridized carbons (Fsp3) is 0.553. The number of fused-ring (bicyclic) bond motifs is 1. The van der Waals surface area contributed by atoms with Crippen LogP contribution in [0.25, 0.3) is 0 Å². The summed E-state index contributed by atoms with van der Waals surface area (Å²) in [6.07, 6.45) is 11.4. The second-order valence-electron chi connectivity index (χ2n) is 13.8. The third-order valence-corrected chi connectivity index (χ3v) is 12.3. The van der Waals surface area contributed by atoms with E-state index in [4.69, 9.17) is 0 Å². The largest absolute Gasteiger partial charge is 0.371 e. The van der Waals surface area contributed by atoms with E-state index < -0.39 is 0 Å². The minimum absolute atomic E-state index is 0.362. The van der Waals surface area contributed by atoms with E-state index >= 15 is 0 Å². The molecule has 43 heavy (non-hydrogen) atoms. The van der Waals surface area contributed by atoms with Crippen LogP contribution in [0, 0.1) is 17.8 Å². The maximum Gasteiger partial charge on any atom is 0.0412 e. The molecule has 3 aliphatic heterocycles. The Hall–Kier alpha value is -2.34. The molecule has 1 aromatic heterocycles. The van der Waals surface area contributed by atoms with Gasteiger partial charge in [-0.05, 0) is 111 Å². The highest BCUT2D eigenvalue weighted by Gasteiger charge is 2.51. The molecule has 2 aromatic carbocycles. The maximum atomic E-state index is 4.44. The Kier molecular flexibility index (Phi) is 8.85. The SMILES string of the molecule is CCc1cc(Sc2ccc(N3CC(CN4CCC(C5(C6CCCC6)CN(CC)Cc6ccccc65)CC4)C3)cc2)ccn1. The fourth-order valence-electron chi connectivity index (χ4n) is 9.03. The highest BCUT2D eigenvalue weighted by atomic mass is 32.2. The van der Waals surface area contributed by atoms with Crippen molar-refractivity contribution in [3.63, 3.8) is 0 Å². The van der Waals surface area contributed by atoms with Crippen molar-refractivity contribution in [2.45, 2.75) is 80.5 Å². The van der Waals surface area contributed by atoms with Crippen LogP contribution in [0.3, 0.4) is 0 Å². The van der Waals surface area contributed by atoms with Crippen LogP contribution in [-0.2, 0) is 18.4 Å². The molecule has 0 radical (unpaired) electrons. The standard InChI is InChI=1S/C38H50N4S/c1-3-33-23-36(17-20-39-33)43-35-15-13-34(14-16-35)42-25-29(26-42)24-41-21-18-32(19-22-41)38(31-10-6-7-11-31)28-40(4-2)27-30-9-5-8-12-37(30)38/h5,8-9,12-17,20,23,29,31-32H,3-4,6-7,10-11,18-19,21-22,24-28H2,1-2H3. The van der Waals surface area contributed by atoms with Gasteiger partial charge in [-0.15, -0.1) is 0 Å². The van der Waals surface area contributed by atoms with Crippen LogP contribution in [-0.4, -0.2) is 60.6 Å². The summed E-state index contributed by atoms with van der Waals surface area (Å²) in [6.45, 7) is 14.4. The van der Waals surface area contributed by atoms with Crippen molar-refractivity contribution in [1.29, 1.82) is 0 Å². The summed E-state index contributed by atoms with van der Waals surface area (Å²) < 4.78 is 0. The van der Waals surface area contributed by atoms with Gasteiger partial charge in [0.25, 0.3) is 0 Å². The van der Waals surface area contributed by atoms with E-state index in [1.807, 2.05) is 18.0 Å². The van der Waals surface area contributed by atoms with Gasteiger partial charge < -0.3 is 9.80 Å². The monoisotopic (exact) mass is 594 g/mol. The summed E-state index contributed by atoms with van der Waals surface area (Å²) in [5, 5.41) is 0. The van der Waals surface area contributed by atoms with Crippen LogP contribution in [0.15, 0.2) is 76.7 Å². The molecule has 0 spiro atoms. The third kappa shape index (κ3) is 6.02. The fourth-order valence-corrected chi connectivity index (χ4v) is 9.89. The average Bonchev–Trinajstić information content (AvgIpc) is 3.59. The Morgan fingerprint density at radius 3 is 2.33 bits per heavy atom. The number of aromatic nitrogens is 1. The first-order valence-electron chi connectivity index (χ1n) is 17.2. The Morgan fingerprint density at radius 1 is 0.837 bits per heavy atom. The molecule has 0 bridgehead atoms. The van der Waals surface area contributed by atoms with Crippen molar-refractivity contribution in [3.8, 4) is 0 Å². The summed E-state index contributed by atoms with van der Waals surface area (Å²) >= 11 is 1.83. The Morgan fingerprint density at radius 2 is 1.58 bits per heavy atom. The highest BCUT2D eigenvalue weighted by molar-refractivity contribution is 7.99. The summed E-state index contributed by atoms with van der Waals surface area (Å²) in [7, 11) is 0. The number of hydrogen-bond acceptors (Lipinski definition) is 5. The predicted molar refractivity (Wildman–Crippen MR) is 180 cm³/mol. The number of piperidine rings is 1. The number of hydrogen-bond donors (Lipinski definition) is 0. The molecule has 4 aliphatic rings. The number of rotatable bonds is 9. The van der Waals surface area contributed by atoms with Crippen LogP contribution < -0.4 is 4.90 Å². The summed E-state index contributed by atoms with van der Waals surface area (Å²) in [4.78, 5) is 15.2. The van der Waals surface area contributed by atoms with Gasteiger partial charge in [0, 0.05) is 71.4 Å². The zero-order valence-electron chi connectivity index (χ0n) is 26.4. The van der Waals surface area contributed by atoms with Crippen molar-refractivity contribution in [1.82, 2.24) is 14.8 Å². The van der Waals surface area contributed by atoms with E-state index in [1.165, 1.54) is 99.8 Å². The Labute approximate surface area is 264 Å². The predicted octanol–water partition coefficient (Wildman–Crippen LogP) is 7.91. The Balaban J connectivity index is 0.944. The molecule has 2 saturated heterocycles. The zero-order valence-corrected chi connectivity index (χ0v) is 27.2. The number of likely N-dealkylation sites (N-methyl/N-ethyl adjacent to an activating group) is 1. The van der Waals surface area contributed by atoms with Gasteiger partial charge in [-0.2, -0.15) is 0 Å². The molecule has 1 unspecified atom stereocenters. The molecular weight excluding hydrogens is 545 g/mol. The van der Waals surface area contributed by atoms with Gasteiger partial charge >= 0.3 is 0 Å². The van der Waals surface area contributed by atoms with Crippen LogP contribution in [0.4, 0.5) is 5.69 Å². The first kappa shape index (κ1) is 29.4. The summed E-state index contributed by atoms with van der Waals surface area (Å²) in [6, 6.07) is 23.1. The van der Waals surface area contributed by atoms with E-state index in [2.05, 4.69) is 94.2 Å². The normalized spacial score (nSPS) is 24.3. The van der Waals surface area contributed by atoms with Gasteiger partial charge in [0.2, 0.25) is 0 Å². The van der Waals surface area contributed by atoms with E-state index in [-0.39, 0.29) is 0 Å². The number of likely N-dealkylation sites (tertiary alicyclic amines) is 1. The molecule has 228 valence electrons. The Bertz CT molecular complexity index is 1350. The number of anilines is 1. The van der Waals surface area contributed by atoms with Gasteiger partial charge in [0.15, 0.2) is 0 Å². The van der Waals surface area contributed by atoms with Gasteiger partial charge in [-0.25, -0.2) is 0 Å². The van der Waals surface area contributed by atoms with Gasteiger partial charge in [0.05, 0.1) is 0 Å². The quantitative estimate of drug-likeness (QED) is 0.250. The van der Waals surface area contributed by atoms with Crippen LogP contribution in [0.1, 0.15) is 69.2 Å².